The van der Waals surface area contributed by atoms with Crippen molar-refractivity contribution in [2.75, 3.05) is 5.32 Å². The number of hydrogen-bond donors (Lipinski definition) is 2. The predicted octanol–water partition coefficient (Wildman–Crippen LogP) is 2.80. The monoisotopic (exact) mass is 318 g/mol. The maximum atomic E-state index is 12.0. The number of carbonyl (C=O) groups is 2. The molecule has 0 atom stereocenters. The van der Waals surface area contributed by atoms with E-state index in [-0.39, 0.29) is 5.91 Å². The highest BCUT2D eigenvalue weighted by Gasteiger charge is 2.09. The average molecular weight is 319 g/mol. The highest BCUT2D eigenvalue weighted by Crippen LogP contribution is 2.18. The second-order valence-corrected chi connectivity index (χ2v) is 4.73. The molecule has 0 aromatic heterocycles. The number of primary amides is 1. The second-order valence-electron chi connectivity index (χ2n) is 3.88. The lowest BCUT2D eigenvalue weighted by Crippen LogP contribution is -2.13. The van der Waals surface area contributed by atoms with Gasteiger partial charge >= 0.3 is 0 Å². The fraction of sp³-hybridized carbons (Fsp3) is 0. The van der Waals surface area contributed by atoms with Crippen molar-refractivity contribution in [3.8, 4) is 0 Å². The zero-order chi connectivity index (χ0) is 13.8. The molecule has 2 aromatic carbocycles. The Bertz CT molecular complexity index is 624. The lowest BCUT2D eigenvalue weighted by atomic mass is 10.2. The number of hydrogen-bond acceptors (Lipinski definition) is 2. The van der Waals surface area contributed by atoms with Crippen LogP contribution >= 0.6 is 15.9 Å². The van der Waals surface area contributed by atoms with Crippen molar-refractivity contribution in [2.45, 2.75) is 0 Å². The van der Waals surface area contributed by atoms with Crippen molar-refractivity contribution >= 4 is 33.4 Å². The van der Waals surface area contributed by atoms with Crippen LogP contribution in [0, 0.1) is 0 Å². The smallest absolute Gasteiger partial charge is 0.256 e. The first-order chi connectivity index (χ1) is 9.08. The van der Waals surface area contributed by atoms with Crippen LogP contribution in [0.2, 0.25) is 0 Å². The van der Waals surface area contributed by atoms with Gasteiger partial charge in [-0.1, -0.05) is 12.1 Å². The van der Waals surface area contributed by atoms with E-state index in [9.17, 15) is 9.59 Å². The van der Waals surface area contributed by atoms with Gasteiger partial charge in [-0.2, -0.15) is 0 Å². The summed E-state index contributed by atoms with van der Waals surface area (Å²) < 4.78 is 0.723. The Morgan fingerprint density at radius 2 is 1.63 bits per heavy atom. The Kier molecular flexibility index (Phi) is 3.97. The van der Waals surface area contributed by atoms with Crippen LogP contribution in [0.15, 0.2) is 53.0 Å². The van der Waals surface area contributed by atoms with E-state index in [0.29, 0.717) is 16.8 Å². The fourth-order valence-electron chi connectivity index (χ4n) is 1.56. The first-order valence-electron chi connectivity index (χ1n) is 5.53. The number of nitrogens with one attached hydrogen (secondary N) is 1. The van der Waals surface area contributed by atoms with Gasteiger partial charge in [0.2, 0.25) is 5.91 Å². The number of benzene rings is 2. The largest absolute Gasteiger partial charge is 0.366 e. The summed E-state index contributed by atoms with van der Waals surface area (Å²) in [6.45, 7) is 0. The third-order valence-electron chi connectivity index (χ3n) is 2.55. The Balaban J connectivity index is 2.15. The lowest BCUT2D eigenvalue weighted by Gasteiger charge is -2.07. The van der Waals surface area contributed by atoms with Crippen LogP contribution in [-0.4, -0.2) is 11.8 Å². The molecule has 2 rings (SSSR count). The van der Waals surface area contributed by atoms with Crippen molar-refractivity contribution < 1.29 is 9.59 Å². The zero-order valence-corrected chi connectivity index (χ0v) is 11.5. The highest BCUT2D eigenvalue weighted by atomic mass is 79.9. The van der Waals surface area contributed by atoms with Gasteiger partial charge in [0.05, 0.1) is 5.56 Å². The summed E-state index contributed by atoms with van der Waals surface area (Å²) >= 11 is 3.32. The van der Waals surface area contributed by atoms with E-state index in [1.807, 2.05) is 6.07 Å². The van der Waals surface area contributed by atoms with Crippen molar-refractivity contribution in [3.63, 3.8) is 0 Å². The van der Waals surface area contributed by atoms with Crippen LogP contribution < -0.4 is 11.1 Å². The molecular formula is C14H11BrN2O2. The molecular weight excluding hydrogens is 308 g/mol. The number of anilines is 1. The number of amides is 2. The fourth-order valence-corrected chi connectivity index (χ4v) is 2.03. The standard InChI is InChI=1S/C14H11BrN2O2/c15-12-4-2-1-3-11(12)14(19)17-10-7-5-9(6-8-10)13(16)18/h1-8H,(H2,16,18)(H,17,19). The maximum Gasteiger partial charge on any atom is 0.256 e. The van der Waals surface area contributed by atoms with Crippen molar-refractivity contribution in [1.29, 1.82) is 0 Å². The van der Waals surface area contributed by atoms with Gasteiger partial charge in [-0.3, -0.25) is 9.59 Å². The quantitative estimate of drug-likeness (QED) is 0.913. The van der Waals surface area contributed by atoms with Gasteiger partial charge in [0.25, 0.3) is 5.91 Å². The Hall–Kier alpha value is -2.14. The molecule has 96 valence electrons. The molecule has 0 saturated carbocycles. The average Bonchev–Trinajstić information content (AvgIpc) is 2.39. The van der Waals surface area contributed by atoms with Crippen LogP contribution in [0.3, 0.4) is 0 Å². The Morgan fingerprint density at radius 3 is 2.21 bits per heavy atom. The molecule has 0 aliphatic rings. The van der Waals surface area contributed by atoms with Crippen LogP contribution in [0.1, 0.15) is 20.7 Å². The molecule has 0 bridgehead atoms. The van der Waals surface area contributed by atoms with Crippen molar-refractivity contribution in [3.05, 3.63) is 64.1 Å². The van der Waals surface area contributed by atoms with E-state index in [2.05, 4.69) is 21.2 Å². The molecule has 3 N–H and O–H groups in total. The molecule has 0 heterocycles. The minimum atomic E-state index is -0.497. The number of halogens is 1. The number of rotatable bonds is 3. The van der Waals surface area contributed by atoms with Crippen LogP contribution in [0.4, 0.5) is 5.69 Å². The van der Waals surface area contributed by atoms with E-state index in [1.54, 1.807) is 42.5 Å². The summed E-state index contributed by atoms with van der Waals surface area (Å²) in [5.74, 6) is -0.719. The van der Waals surface area contributed by atoms with Gasteiger partial charge in [-0.25, -0.2) is 0 Å². The molecule has 0 fully saturated rings. The second kappa shape index (κ2) is 5.67. The van der Waals surface area contributed by atoms with Gasteiger partial charge in [0.1, 0.15) is 0 Å². The Morgan fingerprint density at radius 1 is 1.00 bits per heavy atom. The summed E-state index contributed by atoms with van der Waals surface area (Å²) in [4.78, 5) is 23.0. The first kappa shape index (κ1) is 13.3. The highest BCUT2D eigenvalue weighted by molar-refractivity contribution is 9.10. The van der Waals surface area contributed by atoms with E-state index >= 15 is 0 Å². The predicted molar refractivity (Wildman–Crippen MR) is 77.1 cm³/mol. The minimum absolute atomic E-state index is 0.223. The summed E-state index contributed by atoms with van der Waals surface area (Å²) in [5, 5.41) is 2.74. The molecule has 0 aliphatic carbocycles. The van der Waals surface area contributed by atoms with Crippen molar-refractivity contribution in [2.24, 2.45) is 5.73 Å². The molecule has 19 heavy (non-hydrogen) atoms. The third-order valence-corrected chi connectivity index (χ3v) is 3.24. The molecule has 0 saturated heterocycles. The third kappa shape index (κ3) is 3.20. The van der Waals surface area contributed by atoms with Crippen LogP contribution in [-0.2, 0) is 0 Å². The summed E-state index contributed by atoms with van der Waals surface area (Å²) in [5.41, 5.74) is 6.69. The maximum absolute atomic E-state index is 12.0. The molecule has 4 nitrogen and oxygen atoms in total. The lowest BCUT2D eigenvalue weighted by molar-refractivity contribution is 0.0998. The summed E-state index contributed by atoms with van der Waals surface area (Å²) in [6, 6.07) is 13.5. The SMILES string of the molecule is NC(=O)c1ccc(NC(=O)c2ccccc2Br)cc1. The van der Waals surface area contributed by atoms with E-state index in [0.717, 1.165) is 4.47 Å². The van der Waals surface area contributed by atoms with Gasteiger partial charge < -0.3 is 11.1 Å². The molecule has 0 spiro atoms. The van der Waals surface area contributed by atoms with Gasteiger partial charge in [0, 0.05) is 15.7 Å². The summed E-state index contributed by atoms with van der Waals surface area (Å²) in [6.07, 6.45) is 0. The topological polar surface area (TPSA) is 72.2 Å². The zero-order valence-electron chi connectivity index (χ0n) is 9.89. The van der Waals surface area contributed by atoms with Crippen LogP contribution in [0.5, 0.6) is 0 Å². The van der Waals surface area contributed by atoms with Gasteiger partial charge in [-0.15, -0.1) is 0 Å². The van der Waals surface area contributed by atoms with E-state index in [4.69, 9.17) is 5.73 Å². The molecule has 0 radical (unpaired) electrons. The molecule has 5 heteroatoms. The van der Waals surface area contributed by atoms with E-state index < -0.39 is 5.91 Å². The van der Waals surface area contributed by atoms with E-state index in [1.165, 1.54) is 0 Å². The van der Waals surface area contributed by atoms with Gasteiger partial charge in [-0.05, 0) is 52.3 Å². The first-order valence-corrected chi connectivity index (χ1v) is 6.33. The van der Waals surface area contributed by atoms with Crippen LogP contribution in [0.25, 0.3) is 0 Å². The summed E-state index contributed by atoms with van der Waals surface area (Å²) in [7, 11) is 0. The molecule has 2 aromatic rings. The molecule has 0 aliphatic heterocycles. The molecule has 2 amide bonds. The number of nitrogens with two attached hydrogens (primary N) is 1. The van der Waals surface area contributed by atoms with Crippen molar-refractivity contribution in [1.82, 2.24) is 0 Å². The minimum Gasteiger partial charge on any atom is -0.366 e. The number of carbonyl (C=O) groups excluding carboxylic acids is 2. The Labute approximate surface area is 118 Å². The normalized spacial score (nSPS) is 9.95. The molecule has 0 unspecified atom stereocenters. The van der Waals surface area contributed by atoms with Gasteiger partial charge in [0.15, 0.2) is 0 Å².